The van der Waals surface area contributed by atoms with Gasteiger partial charge in [-0.2, -0.15) is 0 Å². The Morgan fingerprint density at radius 1 is 0.353 bits per heavy atom. The number of benzene rings is 1. The fourth-order valence-electron chi connectivity index (χ4n) is 6.34. The molecule has 0 saturated carbocycles. The molecule has 0 unspecified atom stereocenters. The summed E-state index contributed by atoms with van der Waals surface area (Å²) < 4.78 is 16.7. The van der Waals surface area contributed by atoms with Gasteiger partial charge in [-0.1, -0.05) is 176 Å². The first kappa shape index (κ1) is 46.7. The van der Waals surface area contributed by atoms with E-state index in [4.69, 9.17) is 14.2 Å². The highest BCUT2D eigenvalue weighted by molar-refractivity contribution is 6.00. The lowest BCUT2D eigenvalue weighted by molar-refractivity contribution is 0.0494. The number of carbonyl (C=O) groups excluding carboxylic acids is 3. The second-order valence-electron chi connectivity index (χ2n) is 16.2. The third kappa shape index (κ3) is 27.0. The first-order valence-electron chi connectivity index (χ1n) is 21.3. The molecule has 294 valence electrons. The number of esters is 3. The van der Waals surface area contributed by atoms with Crippen LogP contribution in [0.3, 0.4) is 0 Å². The smallest absolute Gasteiger partial charge is 0.338 e. The van der Waals surface area contributed by atoms with Crippen molar-refractivity contribution in [2.75, 3.05) is 19.8 Å². The topological polar surface area (TPSA) is 78.9 Å². The van der Waals surface area contributed by atoms with Crippen LogP contribution in [0.2, 0.25) is 0 Å². The molecule has 0 spiro atoms. The SMILES string of the molecule is CC(C)CCCCCCCCCOC(=O)c1cc(C(=O)OCCCCCCCCCC(C)C)cc(C(=O)OCCCCCCCCCC(C)C)c1. The Bertz CT molecular complexity index is 889. The number of carbonyl (C=O) groups is 3. The second kappa shape index (κ2) is 31.2. The van der Waals surface area contributed by atoms with E-state index in [0.717, 1.165) is 75.5 Å². The molecule has 0 radical (unpaired) electrons. The van der Waals surface area contributed by atoms with Crippen molar-refractivity contribution in [2.45, 2.75) is 196 Å². The quantitative estimate of drug-likeness (QED) is 0.0410. The van der Waals surface area contributed by atoms with Crippen LogP contribution in [-0.2, 0) is 14.2 Å². The second-order valence-corrected chi connectivity index (χ2v) is 16.2. The van der Waals surface area contributed by atoms with Gasteiger partial charge in [-0.3, -0.25) is 0 Å². The third-order valence-corrected chi connectivity index (χ3v) is 9.62. The van der Waals surface area contributed by atoms with Gasteiger partial charge in [0.25, 0.3) is 0 Å². The minimum atomic E-state index is -0.533. The van der Waals surface area contributed by atoms with Crippen LogP contribution >= 0.6 is 0 Å². The summed E-state index contributed by atoms with van der Waals surface area (Å²) in [5.41, 5.74) is 0.532. The van der Waals surface area contributed by atoms with Crippen molar-refractivity contribution in [1.29, 1.82) is 0 Å². The van der Waals surface area contributed by atoms with Crippen molar-refractivity contribution in [3.8, 4) is 0 Å². The van der Waals surface area contributed by atoms with Crippen molar-refractivity contribution < 1.29 is 28.6 Å². The molecule has 0 aliphatic heterocycles. The highest BCUT2D eigenvalue weighted by Gasteiger charge is 2.19. The van der Waals surface area contributed by atoms with E-state index in [2.05, 4.69) is 41.5 Å². The minimum absolute atomic E-state index is 0.177. The summed E-state index contributed by atoms with van der Waals surface area (Å²) >= 11 is 0. The highest BCUT2D eigenvalue weighted by atomic mass is 16.5. The van der Waals surface area contributed by atoms with E-state index < -0.39 is 17.9 Å². The molecule has 0 heterocycles. The van der Waals surface area contributed by atoms with Gasteiger partial charge in [0.05, 0.1) is 36.5 Å². The summed E-state index contributed by atoms with van der Waals surface area (Å²) in [6.07, 6.45) is 27.9. The van der Waals surface area contributed by atoms with Crippen LogP contribution in [0.4, 0.5) is 0 Å². The normalized spacial score (nSPS) is 11.5. The zero-order chi connectivity index (χ0) is 37.5. The monoisotopic (exact) mass is 715 g/mol. The molecular weight excluding hydrogens is 636 g/mol. The number of hydrogen-bond donors (Lipinski definition) is 0. The molecule has 1 aromatic rings. The van der Waals surface area contributed by atoms with Crippen LogP contribution in [-0.4, -0.2) is 37.7 Å². The fourth-order valence-corrected chi connectivity index (χ4v) is 6.34. The summed E-state index contributed by atoms with van der Waals surface area (Å²) in [6.45, 7) is 14.6. The van der Waals surface area contributed by atoms with Crippen LogP contribution in [0, 0.1) is 17.8 Å². The van der Waals surface area contributed by atoms with Crippen LogP contribution in [0.5, 0.6) is 0 Å². The molecule has 6 heteroatoms. The summed E-state index contributed by atoms with van der Waals surface area (Å²) in [5.74, 6) is 0.721. The van der Waals surface area contributed by atoms with Crippen LogP contribution in [0.1, 0.15) is 227 Å². The van der Waals surface area contributed by atoms with Gasteiger partial charge in [-0.05, 0) is 55.2 Å². The predicted molar refractivity (Wildman–Crippen MR) is 213 cm³/mol. The van der Waals surface area contributed by atoms with E-state index in [1.54, 1.807) is 0 Å². The minimum Gasteiger partial charge on any atom is -0.462 e. The Balaban J connectivity index is 2.58. The molecule has 0 N–H and O–H groups in total. The van der Waals surface area contributed by atoms with Crippen molar-refractivity contribution in [3.63, 3.8) is 0 Å². The van der Waals surface area contributed by atoms with E-state index in [1.165, 1.54) is 115 Å². The maximum absolute atomic E-state index is 13.0. The van der Waals surface area contributed by atoms with E-state index in [-0.39, 0.29) is 16.7 Å². The molecule has 51 heavy (non-hydrogen) atoms. The molecule has 0 atom stereocenters. The number of rotatable bonds is 33. The molecule has 0 bridgehead atoms. The Kier molecular flexibility index (Phi) is 28.5. The average Bonchev–Trinajstić information content (AvgIpc) is 3.09. The first-order chi connectivity index (χ1) is 24.6. The van der Waals surface area contributed by atoms with Gasteiger partial charge >= 0.3 is 17.9 Å². The fraction of sp³-hybridized carbons (Fsp3) is 0.800. The van der Waals surface area contributed by atoms with Crippen molar-refractivity contribution >= 4 is 17.9 Å². The summed E-state index contributed by atoms with van der Waals surface area (Å²) in [7, 11) is 0. The molecule has 0 aromatic heterocycles. The van der Waals surface area contributed by atoms with Gasteiger partial charge in [-0.25, -0.2) is 14.4 Å². The van der Waals surface area contributed by atoms with E-state index in [0.29, 0.717) is 19.8 Å². The average molecular weight is 715 g/mol. The molecule has 0 amide bonds. The first-order valence-corrected chi connectivity index (χ1v) is 21.3. The van der Waals surface area contributed by atoms with Crippen LogP contribution in [0.15, 0.2) is 18.2 Å². The predicted octanol–water partition coefficient (Wildman–Crippen LogP) is 13.5. The van der Waals surface area contributed by atoms with Crippen LogP contribution < -0.4 is 0 Å². The lowest BCUT2D eigenvalue weighted by Gasteiger charge is -2.11. The number of ether oxygens (including phenoxy) is 3. The number of unbranched alkanes of at least 4 members (excludes halogenated alkanes) is 18. The van der Waals surface area contributed by atoms with Gasteiger partial charge in [0.1, 0.15) is 0 Å². The standard InChI is InChI=1S/C45H78O6/c1-37(2)28-22-16-10-7-13-19-25-31-49-43(46)40-34-41(44(47)50-32-26-20-14-8-11-17-23-29-38(3)4)36-42(35-40)45(48)51-33-27-21-15-9-12-18-24-30-39(5)6/h34-39H,7-33H2,1-6H3. The summed E-state index contributed by atoms with van der Waals surface area (Å²) in [6, 6.07) is 4.45. The molecule has 0 fully saturated rings. The lowest BCUT2D eigenvalue weighted by Crippen LogP contribution is -2.14. The molecule has 0 aliphatic rings. The zero-order valence-corrected chi connectivity index (χ0v) is 34.0. The van der Waals surface area contributed by atoms with Gasteiger partial charge in [0.15, 0.2) is 0 Å². The lowest BCUT2D eigenvalue weighted by atomic mass is 10.0. The van der Waals surface area contributed by atoms with Crippen LogP contribution in [0.25, 0.3) is 0 Å². The largest absolute Gasteiger partial charge is 0.462 e. The molecule has 1 rings (SSSR count). The van der Waals surface area contributed by atoms with Crippen molar-refractivity contribution in [3.05, 3.63) is 34.9 Å². The maximum Gasteiger partial charge on any atom is 0.338 e. The molecule has 6 nitrogen and oxygen atoms in total. The van der Waals surface area contributed by atoms with Gasteiger partial charge in [0.2, 0.25) is 0 Å². The third-order valence-electron chi connectivity index (χ3n) is 9.62. The molecule has 0 saturated heterocycles. The molecule has 0 aliphatic carbocycles. The Labute approximate surface area is 313 Å². The van der Waals surface area contributed by atoms with Gasteiger partial charge < -0.3 is 14.2 Å². The molecular formula is C45H78O6. The van der Waals surface area contributed by atoms with E-state index in [9.17, 15) is 14.4 Å². The Hall–Kier alpha value is -2.37. The molecule has 1 aromatic carbocycles. The zero-order valence-electron chi connectivity index (χ0n) is 34.0. The maximum atomic E-state index is 13.0. The van der Waals surface area contributed by atoms with E-state index in [1.807, 2.05) is 0 Å². The Morgan fingerprint density at radius 2 is 0.549 bits per heavy atom. The van der Waals surface area contributed by atoms with Crippen molar-refractivity contribution in [1.82, 2.24) is 0 Å². The van der Waals surface area contributed by atoms with Crippen molar-refractivity contribution in [2.24, 2.45) is 17.8 Å². The van der Waals surface area contributed by atoms with Gasteiger partial charge in [0, 0.05) is 0 Å². The van der Waals surface area contributed by atoms with E-state index >= 15 is 0 Å². The summed E-state index contributed by atoms with van der Waals surface area (Å²) in [5, 5.41) is 0. The number of hydrogen-bond acceptors (Lipinski definition) is 6. The Morgan fingerprint density at radius 3 is 0.765 bits per heavy atom. The van der Waals surface area contributed by atoms with Gasteiger partial charge in [-0.15, -0.1) is 0 Å². The highest BCUT2D eigenvalue weighted by Crippen LogP contribution is 2.18. The summed E-state index contributed by atoms with van der Waals surface area (Å²) in [4.78, 5) is 39.1.